The fraction of sp³-hybridized carbons (Fsp3) is 0.0714. The molecule has 3 N–H and O–H groups in total. The largest absolute Gasteiger partial charge is 0.457 e. The minimum Gasteiger partial charge on any atom is -0.457 e. The second-order valence-electron chi connectivity index (χ2n) is 11.8. The van der Waals surface area contributed by atoms with Gasteiger partial charge >= 0.3 is 0 Å². The Hall–Kier alpha value is -5.64. The molecule has 7 nitrogen and oxygen atoms in total. The molecule has 0 radical (unpaired) electrons. The van der Waals surface area contributed by atoms with Crippen LogP contribution in [0.3, 0.4) is 0 Å². The van der Waals surface area contributed by atoms with E-state index < -0.39 is 17.1 Å². The zero-order valence-corrected chi connectivity index (χ0v) is 30.3. The van der Waals surface area contributed by atoms with Crippen molar-refractivity contribution in [1.82, 2.24) is 5.32 Å². The molecule has 0 saturated heterocycles. The summed E-state index contributed by atoms with van der Waals surface area (Å²) >= 11 is 4.86. The van der Waals surface area contributed by atoms with Gasteiger partial charge in [0.05, 0.1) is 0 Å². The third-order valence-electron chi connectivity index (χ3n) is 7.92. The molecule has 5 aromatic carbocycles. The molecule has 0 spiro atoms. The van der Waals surface area contributed by atoms with Crippen LogP contribution in [0, 0.1) is 13.8 Å². The van der Waals surface area contributed by atoms with Gasteiger partial charge in [-0.25, -0.2) is 0 Å². The SMILES string of the molecule is Cc1ccc(NC(=O)[C@H](Sc2ccc(NC(=O)/C(=C/c3ccc(-c4ccc(Br)cc4)o3)NC(=O)c3ccccc3)cc2)c2ccccc2)c(C)c1. The highest BCUT2D eigenvalue weighted by Gasteiger charge is 2.23. The molecular weight excluding hydrogens is 722 g/mol. The number of nitrogens with one attached hydrogen (secondary N) is 3. The normalized spacial score (nSPS) is 11.8. The highest BCUT2D eigenvalue weighted by Crippen LogP contribution is 2.37. The Morgan fingerprint density at radius 2 is 1.43 bits per heavy atom. The molecule has 254 valence electrons. The third kappa shape index (κ3) is 9.33. The van der Waals surface area contributed by atoms with Crippen LogP contribution in [0.4, 0.5) is 11.4 Å². The second-order valence-corrected chi connectivity index (χ2v) is 13.9. The highest BCUT2D eigenvalue weighted by molar-refractivity contribution is 9.10. The van der Waals surface area contributed by atoms with Crippen molar-refractivity contribution >= 4 is 62.9 Å². The molecule has 0 aliphatic rings. The molecule has 1 aromatic heterocycles. The van der Waals surface area contributed by atoms with E-state index >= 15 is 0 Å². The van der Waals surface area contributed by atoms with Crippen LogP contribution in [0.25, 0.3) is 17.4 Å². The zero-order valence-electron chi connectivity index (χ0n) is 27.9. The Morgan fingerprint density at radius 1 is 0.745 bits per heavy atom. The number of benzene rings is 5. The van der Waals surface area contributed by atoms with E-state index in [1.165, 1.54) is 17.8 Å². The maximum Gasteiger partial charge on any atom is 0.272 e. The van der Waals surface area contributed by atoms with Gasteiger partial charge in [0.1, 0.15) is 22.5 Å². The van der Waals surface area contributed by atoms with Gasteiger partial charge < -0.3 is 20.4 Å². The fourth-order valence-corrected chi connectivity index (χ4v) is 6.58. The molecule has 0 fully saturated rings. The van der Waals surface area contributed by atoms with Gasteiger partial charge in [-0.15, -0.1) is 11.8 Å². The number of carbonyl (C=O) groups is 3. The van der Waals surface area contributed by atoms with Crippen LogP contribution >= 0.6 is 27.7 Å². The first-order chi connectivity index (χ1) is 24.7. The monoisotopic (exact) mass is 755 g/mol. The minimum atomic E-state index is -0.531. The molecule has 3 amide bonds. The summed E-state index contributed by atoms with van der Waals surface area (Å²) in [4.78, 5) is 41.3. The van der Waals surface area contributed by atoms with Crippen molar-refractivity contribution in [2.24, 2.45) is 0 Å². The number of halogens is 1. The van der Waals surface area contributed by atoms with Crippen molar-refractivity contribution in [1.29, 1.82) is 0 Å². The van der Waals surface area contributed by atoms with Crippen molar-refractivity contribution in [3.05, 3.63) is 178 Å². The molecule has 0 saturated carbocycles. The number of rotatable bonds is 11. The molecule has 6 rings (SSSR count). The highest BCUT2D eigenvalue weighted by atomic mass is 79.9. The van der Waals surface area contributed by atoms with E-state index in [0.717, 1.165) is 37.3 Å². The first-order valence-electron chi connectivity index (χ1n) is 16.2. The van der Waals surface area contributed by atoms with Crippen molar-refractivity contribution in [3.8, 4) is 11.3 Å². The van der Waals surface area contributed by atoms with E-state index in [2.05, 4.69) is 31.9 Å². The van der Waals surface area contributed by atoms with Crippen LogP contribution in [0.5, 0.6) is 0 Å². The number of amides is 3. The fourth-order valence-electron chi connectivity index (χ4n) is 5.29. The van der Waals surface area contributed by atoms with Gasteiger partial charge in [-0.2, -0.15) is 0 Å². The number of hydrogen-bond acceptors (Lipinski definition) is 5. The molecule has 1 heterocycles. The first kappa shape index (κ1) is 35.2. The van der Waals surface area contributed by atoms with Crippen molar-refractivity contribution in [2.45, 2.75) is 24.0 Å². The summed E-state index contributed by atoms with van der Waals surface area (Å²) in [6.45, 7) is 4.00. The maximum absolute atomic E-state index is 13.7. The Labute approximate surface area is 309 Å². The Bertz CT molecular complexity index is 2180. The predicted octanol–water partition coefficient (Wildman–Crippen LogP) is 10.2. The molecule has 1 atom stereocenters. The number of carbonyl (C=O) groups excluding carboxylic acids is 3. The zero-order chi connectivity index (χ0) is 35.7. The second kappa shape index (κ2) is 16.4. The topological polar surface area (TPSA) is 100 Å². The summed E-state index contributed by atoms with van der Waals surface area (Å²) < 4.78 is 6.97. The summed E-state index contributed by atoms with van der Waals surface area (Å²) in [6.07, 6.45) is 1.50. The lowest BCUT2D eigenvalue weighted by Gasteiger charge is -2.18. The minimum absolute atomic E-state index is 0.00576. The maximum atomic E-state index is 13.7. The van der Waals surface area contributed by atoms with Crippen molar-refractivity contribution in [3.63, 3.8) is 0 Å². The molecule has 0 unspecified atom stereocenters. The quantitative estimate of drug-likeness (QED) is 0.0903. The van der Waals surface area contributed by atoms with Crippen LogP contribution in [0.2, 0.25) is 0 Å². The lowest BCUT2D eigenvalue weighted by Crippen LogP contribution is -2.30. The van der Waals surface area contributed by atoms with E-state index in [9.17, 15) is 14.4 Å². The van der Waals surface area contributed by atoms with Crippen LogP contribution < -0.4 is 16.0 Å². The average Bonchev–Trinajstić information content (AvgIpc) is 3.61. The summed E-state index contributed by atoms with van der Waals surface area (Å²) in [6, 6.07) is 42.7. The smallest absolute Gasteiger partial charge is 0.272 e. The molecule has 9 heteroatoms. The Kier molecular flexibility index (Phi) is 11.3. The average molecular weight is 757 g/mol. The van der Waals surface area contributed by atoms with Gasteiger partial charge in [-0.1, -0.05) is 94.3 Å². The molecule has 0 bridgehead atoms. The van der Waals surface area contributed by atoms with Crippen LogP contribution in [-0.4, -0.2) is 17.7 Å². The number of aryl methyl sites for hydroxylation is 2. The van der Waals surface area contributed by atoms with Gasteiger partial charge in [-0.3, -0.25) is 14.4 Å². The van der Waals surface area contributed by atoms with Crippen LogP contribution in [0.1, 0.15) is 38.1 Å². The first-order valence-corrected chi connectivity index (χ1v) is 17.8. The number of anilines is 2. The third-order valence-corrected chi connectivity index (χ3v) is 9.71. The van der Waals surface area contributed by atoms with Crippen molar-refractivity contribution < 1.29 is 18.8 Å². The predicted molar refractivity (Wildman–Crippen MR) is 208 cm³/mol. The molecule has 51 heavy (non-hydrogen) atoms. The molecule has 0 aliphatic heterocycles. The van der Waals surface area contributed by atoms with Crippen LogP contribution in [0.15, 0.2) is 159 Å². The summed E-state index contributed by atoms with van der Waals surface area (Å²) in [5.74, 6) is -0.0943. The van der Waals surface area contributed by atoms with Gasteiger partial charge in [-0.05, 0) is 91.7 Å². The van der Waals surface area contributed by atoms with E-state index in [1.807, 2.05) is 111 Å². The number of thioether (sulfide) groups is 1. The Morgan fingerprint density at radius 3 is 2.12 bits per heavy atom. The summed E-state index contributed by atoms with van der Waals surface area (Å²) in [5, 5.41) is 8.21. The van der Waals surface area contributed by atoms with Gasteiger partial charge in [0.2, 0.25) is 5.91 Å². The lowest BCUT2D eigenvalue weighted by atomic mass is 10.1. The van der Waals surface area contributed by atoms with Gasteiger partial charge in [0.15, 0.2) is 0 Å². The van der Waals surface area contributed by atoms with E-state index in [-0.39, 0.29) is 11.6 Å². The summed E-state index contributed by atoms with van der Waals surface area (Å²) in [5.41, 5.74) is 5.54. The molecule has 0 aliphatic carbocycles. The van der Waals surface area contributed by atoms with Crippen LogP contribution in [-0.2, 0) is 9.59 Å². The lowest BCUT2D eigenvalue weighted by molar-refractivity contribution is -0.116. The molecular formula is C42H34BrN3O4S. The van der Waals surface area contributed by atoms with E-state index in [1.54, 1.807) is 42.5 Å². The Balaban J connectivity index is 1.20. The van der Waals surface area contributed by atoms with Gasteiger partial charge in [0, 0.05) is 37.9 Å². The van der Waals surface area contributed by atoms with Gasteiger partial charge in [0.25, 0.3) is 11.8 Å². The molecule has 6 aromatic rings. The van der Waals surface area contributed by atoms with Crippen molar-refractivity contribution in [2.75, 3.05) is 10.6 Å². The van der Waals surface area contributed by atoms with E-state index in [0.29, 0.717) is 22.8 Å². The van der Waals surface area contributed by atoms with E-state index in [4.69, 9.17) is 4.42 Å². The number of hydrogen-bond donors (Lipinski definition) is 3. The standard InChI is InChI=1S/C42H34BrN3O4S/c1-27-13-23-36(28(2)25-27)45-42(49)39(30-9-5-3-6-10-30)51-35-21-18-33(19-22-35)44-41(48)37(46-40(47)31-11-7-4-8-12-31)26-34-20-24-38(50-34)29-14-16-32(43)17-15-29/h3-26,39H,1-2H3,(H,44,48)(H,45,49)(H,46,47)/b37-26-/t39-/m1/s1. The summed E-state index contributed by atoms with van der Waals surface area (Å²) in [7, 11) is 0. The number of furan rings is 1.